The van der Waals surface area contributed by atoms with Crippen molar-refractivity contribution in [3.05, 3.63) is 59.1 Å². The molecule has 2 aromatic carbocycles. The maximum absolute atomic E-state index is 13.7. The van der Waals surface area contributed by atoms with Gasteiger partial charge in [0, 0.05) is 43.8 Å². The van der Waals surface area contributed by atoms with Gasteiger partial charge in [-0.25, -0.2) is 9.97 Å². The fourth-order valence-corrected chi connectivity index (χ4v) is 4.80. The van der Waals surface area contributed by atoms with Gasteiger partial charge in [-0.1, -0.05) is 23.7 Å². The van der Waals surface area contributed by atoms with Crippen LogP contribution in [0.2, 0.25) is 5.02 Å². The summed E-state index contributed by atoms with van der Waals surface area (Å²) in [5.41, 5.74) is 2.17. The highest BCUT2D eigenvalue weighted by molar-refractivity contribution is 6.30. The van der Waals surface area contributed by atoms with Gasteiger partial charge < -0.3 is 9.80 Å². The lowest BCUT2D eigenvalue weighted by Gasteiger charge is -2.34. The van der Waals surface area contributed by atoms with Gasteiger partial charge in [-0.2, -0.15) is 0 Å². The molecule has 0 saturated carbocycles. The van der Waals surface area contributed by atoms with Crippen molar-refractivity contribution < 1.29 is 9.59 Å². The van der Waals surface area contributed by atoms with Crippen molar-refractivity contribution in [2.45, 2.75) is 19.3 Å². The van der Waals surface area contributed by atoms with Crippen molar-refractivity contribution in [2.75, 3.05) is 43.0 Å². The number of aromatic nitrogens is 2. The number of carbonyl (C=O) groups is 2. The fraction of sp³-hybridized carbons (Fsp3) is 0.360. The van der Waals surface area contributed by atoms with E-state index < -0.39 is 0 Å². The highest BCUT2D eigenvalue weighted by atomic mass is 35.5. The minimum absolute atomic E-state index is 0.0183. The second kappa shape index (κ2) is 8.98. The number of nitrogens with zero attached hydrogens (tertiary/aromatic N) is 5. The van der Waals surface area contributed by atoms with Crippen molar-refractivity contribution in [3.63, 3.8) is 0 Å². The Hall–Kier alpha value is -3.19. The number of hydrogen-bond acceptors (Lipinski definition) is 5. The van der Waals surface area contributed by atoms with Gasteiger partial charge >= 0.3 is 0 Å². The van der Waals surface area contributed by atoms with Crippen LogP contribution in [0.1, 0.15) is 29.6 Å². The van der Waals surface area contributed by atoms with E-state index >= 15 is 0 Å². The van der Waals surface area contributed by atoms with Crippen LogP contribution in [0, 0.1) is 5.92 Å². The Kier molecular flexibility index (Phi) is 5.89. The predicted octanol–water partition coefficient (Wildman–Crippen LogP) is 4.01. The first-order chi connectivity index (χ1) is 16.0. The molecule has 1 aromatic heterocycles. The van der Waals surface area contributed by atoms with Crippen LogP contribution in [-0.4, -0.2) is 59.9 Å². The molecule has 0 N–H and O–H groups in total. The van der Waals surface area contributed by atoms with Gasteiger partial charge in [0.05, 0.1) is 17.0 Å². The van der Waals surface area contributed by atoms with E-state index in [1.54, 1.807) is 34.1 Å². The molecule has 2 aliphatic rings. The Morgan fingerprint density at radius 1 is 0.909 bits per heavy atom. The van der Waals surface area contributed by atoms with E-state index in [0.29, 0.717) is 36.0 Å². The van der Waals surface area contributed by atoms with Crippen LogP contribution >= 0.6 is 11.6 Å². The highest BCUT2D eigenvalue weighted by Gasteiger charge is 2.35. The molecule has 0 spiro atoms. The monoisotopic (exact) mass is 463 g/mol. The first-order valence-corrected chi connectivity index (χ1v) is 11.7. The predicted molar refractivity (Wildman–Crippen MR) is 130 cm³/mol. The van der Waals surface area contributed by atoms with Gasteiger partial charge in [0.1, 0.15) is 0 Å². The molecule has 3 aromatic rings. The average Bonchev–Trinajstić information content (AvgIpc) is 3.01. The van der Waals surface area contributed by atoms with Crippen molar-refractivity contribution >= 4 is 46.1 Å². The molecule has 1 fully saturated rings. The molecule has 1 atom stereocenters. The topological polar surface area (TPSA) is 69.6 Å². The zero-order valence-corrected chi connectivity index (χ0v) is 19.3. The van der Waals surface area contributed by atoms with Crippen molar-refractivity contribution in [3.8, 4) is 0 Å². The molecule has 170 valence electrons. The molecule has 3 heterocycles. The summed E-state index contributed by atoms with van der Waals surface area (Å²) in [6.45, 7) is 2.44. The maximum atomic E-state index is 13.7. The lowest BCUT2D eigenvalue weighted by atomic mass is 9.95. The molecule has 5 rings (SSSR count). The standard InChI is InChI=1S/C25H26ClN5O2/c1-29-13-5-15-31(23-22(29)27-20-7-2-3-8-21(20)28-23)25(33)18-6-4-14-30(16-18)24(32)17-9-11-19(26)12-10-17/h2-3,7-12,18H,4-6,13-16H2,1H3/t18-/m1/s1. The SMILES string of the molecule is CN1CCCN(C(=O)[C@@H]2CCCN(C(=O)c3ccc(Cl)cc3)C2)c2nc3ccccc3nc21. The van der Waals surface area contributed by atoms with E-state index in [9.17, 15) is 9.59 Å². The number of likely N-dealkylation sites (tertiary alicyclic amines) is 1. The summed E-state index contributed by atoms with van der Waals surface area (Å²) in [4.78, 5) is 42.1. The van der Waals surface area contributed by atoms with Gasteiger partial charge in [0.2, 0.25) is 5.91 Å². The zero-order chi connectivity index (χ0) is 22.9. The molecule has 2 aliphatic heterocycles. The van der Waals surface area contributed by atoms with Gasteiger partial charge in [-0.3, -0.25) is 14.5 Å². The summed E-state index contributed by atoms with van der Waals surface area (Å²) < 4.78 is 0. The third kappa shape index (κ3) is 4.25. The summed E-state index contributed by atoms with van der Waals surface area (Å²) in [6.07, 6.45) is 2.38. The summed E-state index contributed by atoms with van der Waals surface area (Å²) >= 11 is 5.96. The third-order valence-electron chi connectivity index (χ3n) is 6.44. The van der Waals surface area contributed by atoms with E-state index in [1.165, 1.54) is 0 Å². The Labute approximate surface area is 198 Å². The zero-order valence-electron chi connectivity index (χ0n) is 18.6. The molecule has 1 saturated heterocycles. The van der Waals surface area contributed by atoms with Gasteiger partial charge in [0.15, 0.2) is 11.6 Å². The second-order valence-corrected chi connectivity index (χ2v) is 9.16. The first-order valence-electron chi connectivity index (χ1n) is 11.4. The van der Waals surface area contributed by atoms with E-state index in [4.69, 9.17) is 21.6 Å². The Bertz CT molecular complexity index is 1200. The van der Waals surface area contributed by atoms with Crippen LogP contribution in [0.3, 0.4) is 0 Å². The number of rotatable bonds is 2. The Morgan fingerprint density at radius 3 is 2.33 bits per heavy atom. The summed E-state index contributed by atoms with van der Waals surface area (Å²) in [7, 11) is 1.99. The highest BCUT2D eigenvalue weighted by Crippen LogP contribution is 2.32. The number of para-hydroxylation sites is 2. The largest absolute Gasteiger partial charge is 0.357 e. The molecule has 0 unspecified atom stereocenters. The average molecular weight is 464 g/mol. The van der Waals surface area contributed by atoms with E-state index in [-0.39, 0.29) is 17.7 Å². The van der Waals surface area contributed by atoms with Crippen LogP contribution < -0.4 is 9.80 Å². The lowest BCUT2D eigenvalue weighted by Crippen LogP contribution is -2.47. The molecular weight excluding hydrogens is 438 g/mol. The fourth-order valence-electron chi connectivity index (χ4n) is 4.67. The molecule has 7 nitrogen and oxygen atoms in total. The number of benzene rings is 2. The molecule has 0 bridgehead atoms. The van der Waals surface area contributed by atoms with Crippen molar-refractivity contribution in [2.24, 2.45) is 5.92 Å². The Morgan fingerprint density at radius 2 is 1.61 bits per heavy atom. The quantitative estimate of drug-likeness (QED) is 0.574. The van der Waals surface area contributed by atoms with Gasteiger partial charge in [-0.15, -0.1) is 0 Å². The molecule has 0 radical (unpaired) electrons. The number of fused-ring (bicyclic) bond motifs is 2. The van der Waals surface area contributed by atoms with E-state index in [0.717, 1.165) is 42.7 Å². The maximum Gasteiger partial charge on any atom is 0.253 e. The number of amides is 2. The number of carbonyl (C=O) groups excluding carboxylic acids is 2. The summed E-state index contributed by atoms with van der Waals surface area (Å²) in [5.74, 6) is 1.03. The van der Waals surface area contributed by atoms with Gasteiger partial charge in [0.25, 0.3) is 5.91 Å². The van der Waals surface area contributed by atoms with Crippen LogP contribution in [0.25, 0.3) is 11.0 Å². The molecule has 0 aliphatic carbocycles. The normalized spacial score (nSPS) is 18.7. The van der Waals surface area contributed by atoms with E-state index in [2.05, 4.69) is 4.90 Å². The number of halogens is 1. The first kappa shape index (κ1) is 21.6. The van der Waals surface area contributed by atoms with Crippen LogP contribution in [0.4, 0.5) is 11.6 Å². The molecule has 33 heavy (non-hydrogen) atoms. The minimum atomic E-state index is -0.264. The lowest BCUT2D eigenvalue weighted by molar-refractivity contribution is -0.123. The third-order valence-corrected chi connectivity index (χ3v) is 6.69. The number of piperidine rings is 1. The molecular formula is C25H26ClN5O2. The van der Waals surface area contributed by atoms with Crippen molar-refractivity contribution in [1.82, 2.24) is 14.9 Å². The summed E-state index contributed by atoms with van der Waals surface area (Å²) in [6, 6.07) is 14.6. The Balaban J connectivity index is 1.41. The van der Waals surface area contributed by atoms with Crippen LogP contribution in [0.5, 0.6) is 0 Å². The number of hydrogen-bond donors (Lipinski definition) is 0. The van der Waals surface area contributed by atoms with Crippen LogP contribution in [-0.2, 0) is 4.79 Å². The van der Waals surface area contributed by atoms with Crippen LogP contribution in [0.15, 0.2) is 48.5 Å². The smallest absolute Gasteiger partial charge is 0.253 e. The van der Waals surface area contributed by atoms with Crippen molar-refractivity contribution in [1.29, 1.82) is 0 Å². The molecule has 2 amide bonds. The number of anilines is 2. The summed E-state index contributed by atoms with van der Waals surface area (Å²) in [5, 5.41) is 0.594. The van der Waals surface area contributed by atoms with E-state index in [1.807, 2.05) is 31.3 Å². The second-order valence-electron chi connectivity index (χ2n) is 8.72. The molecule has 8 heteroatoms. The van der Waals surface area contributed by atoms with Gasteiger partial charge in [-0.05, 0) is 55.7 Å². The minimum Gasteiger partial charge on any atom is -0.357 e.